The summed E-state index contributed by atoms with van der Waals surface area (Å²) in [5.41, 5.74) is 5.30. The minimum Gasteiger partial charge on any atom is -0.455 e. The molecule has 0 aromatic rings. The number of carbonyl (C=O) groups is 2. The lowest BCUT2D eigenvalue weighted by molar-refractivity contribution is -0.164. The second-order valence-electron chi connectivity index (χ2n) is 1.96. The van der Waals surface area contributed by atoms with Crippen LogP contribution in [-0.2, 0) is 19.1 Å². The number of carbonyl (C=O) groups excluding carboxylic acids is 2. The first-order chi connectivity index (χ1) is 4.70. The Morgan fingerprint density at radius 1 is 1.20 bits per heavy atom. The van der Waals surface area contributed by atoms with Crippen LogP contribution in [0.5, 0.6) is 0 Å². The molecule has 0 unspecified atom stereocenters. The fourth-order valence-corrected chi connectivity index (χ4v) is 0.531. The van der Waals surface area contributed by atoms with Crippen LogP contribution in [0.3, 0.4) is 0 Å². The molecule has 5 heteroatoms. The highest BCUT2D eigenvalue weighted by molar-refractivity contribution is 6.29. The molecular formula is C5H7NO4. The molecule has 1 fully saturated rings. The van der Waals surface area contributed by atoms with Gasteiger partial charge in [-0.1, -0.05) is 0 Å². The van der Waals surface area contributed by atoms with Crippen LogP contribution in [0.2, 0.25) is 0 Å². The lowest BCUT2D eigenvalue weighted by atomic mass is 10.4. The fourth-order valence-electron chi connectivity index (χ4n) is 0.531. The molecule has 0 amide bonds. The van der Waals surface area contributed by atoms with Gasteiger partial charge in [-0.3, -0.25) is 0 Å². The SMILES string of the molecule is NC1COC(=O)C(=O)OC1. The van der Waals surface area contributed by atoms with Crippen LogP contribution in [0, 0.1) is 0 Å². The number of rotatable bonds is 0. The lowest BCUT2D eigenvalue weighted by Crippen LogP contribution is -2.29. The molecule has 56 valence electrons. The maximum Gasteiger partial charge on any atom is 0.417 e. The van der Waals surface area contributed by atoms with E-state index in [1.807, 2.05) is 0 Å². The highest BCUT2D eigenvalue weighted by Gasteiger charge is 2.23. The Kier molecular flexibility index (Phi) is 1.86. The fraction of sp³-hybridized carbons (Fsp3) is 0.600. The van der Waals surface area contributed by atoms with E-state index in [9.17, 15) is 9.59 Å². The van der Waals surface area contributed by atoms with Crippen molar-refractivity contribution in [3.05, 3.63) is 0 Å². The van der Waals surface area contributed by atoms with Crippen molar-refractivity contribution in [3.63, 3.8) is 0 Å². The van der Waals surface area contributed by atoms with Gasteiger partial charge in [-0.05, 0) is 0 Å². The number of ether oxygens (including phenoxy) is 2. The predicted octanol–water partition coefficient (Wildman–Crippen LogP) is -1.59. The third-order valence-electron chi connectivity index (χ3n) is 1.02. The first kappa shape index (κ1) is 7.01. The first-order valence-electron chi connectivity index (χ1n) is 2.79. The van der Waals surface area contributed by atoms with E-state index in [1.54, 1.807) is 0 Å². The van der Waals surface area contributed by atoms with Gasteiger partial charge in [0.25, 0.3) is 0 Å². The van der Waals surface area contributed by atoms with E-state index in [-0.39, 0.29) is 13.2 Å². The smallest absolute Gasteiger partial charge is 0.417 e. The Labute approximate surface area is 57.1 Å². The van der Waals surface area contributed by atoms with Crippen molar-refractivity contribution in [1.29, 1.82) is 0 Å². The summed E-state index contributed by atoms with van der Waals surface area (Å²) in [5.74, 6) is -1.93. The van der Waals surface area contributed by atoms with E-state index in [2.05, 4.69) is 9.47 Å². The van der Waals surface area contributed by atoms with Crippen LogP contribution in [0.4, 0.5) is 0 Å². The van der Waals surface area contributed by atoms with Gasteiger partial charge < -0.3 is 15.2 Å². The second-order valence-corrected chi connectivity index (χ2v) is 1.96. The van der Waals surface area contributed by atoms with Crippen molar-refractivity contribution in [3.8, 4) is 0 Å². The number of hydrogen-bond donors (Lipinski definition) is 1. The summed E-state index contributed by atoms with van der Waals surface area (Å²) in [6, 6.07) is -0.393. The monoisotopic (exact) mass is 145 g/mol. The molecule has 1 aliphatic heterocycles. The van der Waals surface area contributed by atoms with E-state index in [4.69, 9.17) is 5.73 Å². The summed E-state index contributed by atoms with van der Waals surface area (Å²) in [5, 5.41) is 0. The normalized spacial score (nSPS) is 21.3. The van der Waals surface area contributed by atoms with Gasteiger partial charge in [0.2, 0.25) is 0 Å². The molecule has 5 nitrogen and oxygen atoms in total. The highest BCUT2D eigenvalue weighted by Crippen LogP contribution is 1.94. The van der Waals surface area contributed by atoms with Gasteiger partial charge in [0, 0.05) is 0 Å². The van der Waals surface area contributed by atoms with Crippen molar-refractivity contribution < 1.29 is 19.1 Å². The molecule has 10 heavy (non-hydrogen) atoms. The molecule has 1 heterocycles. The first-order valence-corrected chi connectivity index (χ1v) is 2.79. The Balaban J connectivity index is 2.55. The Bertz CT molecular complexity index is 149. The zero-order chi connectivity index (χ0) is 7.56. The topological polar surface area (TPSA) is 78.6 Å². The zero-order valence-electron chi connectivity index (χ0n) is 5.20. The van der Waals surface area contributed by atoms with Crippen molar-refractivity contribution in [2.45, 2.75) is 6.04 Å². The molecule has 2 N–H and O–H groups in total. The number of nitrogens with two attached hydrogens (primary N) is 1. The molecule has 1 aliphatic rings. The van der Waals surface area contributed by atoms with Gasteiger partial charge in [-0.2, -0.15) is 0 Å². The Morgan fingerprint density at radius 2 is 1.60 bits per heavy atom. The molecule has 0 aliphatic carbocycles. The molecule has 0 bridgehead atoms. The standard InChI is InChI=1S/C5H7NO4/c6-3-1-9-4(7)5(8)10-2-3/h3H,1-2,6H2. The Hall–Kier alpha value is -1.10. The van der Waals surface area contributed by atoms with E-state index in [0.717, 1.165) is 0 Å². The molecule has 1 rings (SSSR count). The van der Waals surface area contributed by atoms with Crippen LogP contribution in [0.1, 0.15) is 0 Å². The molecule has 0 saturated carbocycles. The van der Waals surface area contributed by atoms with Gasteiger partial charge in [-0.25, -0.2) is 9.59 Å². The van der Waals surface area contributed by atoms with Crippen LogP contribution < -0.4 is 5.73 Å². The average Bonchev–Trinajstić information content (AvgIpc) is 2.04. The van der Waals surface area contributed by atoms with Crippen molar-refractivity contribution in [2.24, 2.45) is 5.73 Å². The third-order valence-corrected chi connectivity index (χ3v) is 1.02. The number of esters is 2. The number of hydrogen-bond acceptors (Lipinski definition) is 5. The van der Waals surface area contributed by atoms with Gasteiger partial charge >= 0.3 is 11.9 Å². The van der Waals surface area contributed by atoms with Gasteiger partial charge in [-0.15, -0.1) is 0 Å². The molecule has 1 saturated heterocycles. The largest absolute Gasteiger partial charge is 0.455 e. The van der Waals surface area contributed by atoms with Gasteiger partial charge in [0.15, 0.2) is 0 Å². The molecule has 0 spiro atoms. The zero-order valence-corrected chi connectivity index (χ0v) is 5.20. The molecule has 0 atom stereocenters. The molecular weight excluding hydrogens is 138 g/mol. The maximum absolute atomic E-state index is 10.4. The van der Waals surface area contributed by atoms with Crippen molar-refractivity contribution in [1.82, 2.24) is 0 Å². The summed E-state index contributed by atoms with van der Waals surface area (Å²) >= 11 is 0. The summed E-state index contributed by atoms with van der Waals surface area (Å²) < 4.78 is 8.78. The molecule has 0 radical (unpaired) electrons. The van der Waals surface area contributed by atoms with E-state index < -0.39 is 18.0 Å². The quantitative estimate of drug-likeness (QED) is 0.328. The van der Waals surface area contributed by atoms with Gasteiger partial charge in [0.1, 0.15) is 13.2 Å². The number of cyclic esters (lactones) is 2. The van der Waals surface area contributed by atoms with E-state index in [1.165, 1.54) is 0 Å². The van der Waals surface area contributed by atoms with Crippen LogP contribution in [0.15, 0.2) is 0 Å². The average molecular weight is 145 g/mol. The molecule has 0 aromatic heterocycles. The predicted molar refractivity (Wildman–Crippen MR) is 29.9 cm³/mol. The summed E-state index contributed by atoms with van der Waals surface area (Å²) in [4.78, 5) is 20.8. The van der Waals surface area contributed by atoms with E-state index >= 15 is 0 Å². The minimum atomic E-state index is -0.965. The van der Waals surface area contributed by atoms with E-state index in [0.29, 0.717) is 0 Å². The lowest BCUT2D eigenvalue weighted by Gasteiger charge is -2.02. The summed E-state index contributed by atoms with van der Waals surface area (Å²) in [6.07, 6.45) is 0. The van der Waals surface area contributed by atoms with Crippen LogP contribution >= 0.6 is 0 Å². The summed E-state index contributed by atoms with van der Waals surface area (Å²) in [6.45, 7) is 0.0924. The van der Waals surface area contributed by atoms with Crippen molar-refractivity contribution in [2.75, 3.05) is 13.2 Å². The van der Waals surface area contributed by atoms with Gasteiger partial charge in [0.05, 0.1) is 6.04 Å². The second kappa shape index (κ2) is 2.66. The minimum absolute atomic E-state index is 0.0462. The Morgan fingerprint density at radius 3 is 2.00 bits per heavy atom. The van der Waals surface area contributed by atoms with Crippen LogP contribution in [0.25, 0.3) is 0 Å². The highest BCUT2D eigenvalue weighted by atomic mass is 16.6. The van der Waals surface area contributed by atoms with Crippen molar-refractivity contribution >= 4 is 11.9 Å². The molecule has 0 aromatic carbocycles. The van der Waals surface area contributed by atoms with Crippen LogP contribution in [-0.4, -0.2) is 31.2 Å². The maximum atomic E-state index is 10.4. The third kappa shape index (κ3) is 1.44. The summed E-state index contributed by atoms with van der Waals surface area (Å²) in [7, 11) is 0.